The molecule has 11 heavy (non-hydrogen) atoms. The molecule has 0 aromatic heterocycles. The van der Waals surface area contributed by atoms with Crippen LogP contribution in [0, 0.1) is 0 Å². The van der Waals surface area contributed by atoms with Crippen molar-refractivity contribution < 1.29 is 9.90 Å². The molecule has 0 spiro atoms. The smallest absolute Gasteiger partial charge is 0.188 e. The van der Waals surface area contributed by atoms with Gasteiger partial charge in [-0.15, -0.1) is 0 Å². The number of fused-ring (bicyclic) bond motifs is 1. The molecule has 0 aromatic rings. The van der Waals surface area contributed by atoms with Crippen LogP contribution in [0.25, 0.3) is 0 Å². The molecule has 1 unspecified atom stereocenters. The lowest BCUT2D eigenvalue weighted by Gasteiger charge is -2.10. The van der Waals surface area contributed by atoms with Crippen LogP contribution in [0.5, 0.6) is 0 Å². The highest BCUT2D eigenvalue weighted by Gasteiger charge is 2.23. The first kappa shape index (κ1) is 6.61. The number of rotatable bonds is 0. The van der Waals surface area contributed by atoms with Gasteiger partial charge >= 0.3 is 0 Å². The summed E-state index contributed by atoms with van der Waals surface area (Å²) in [6.07, 6.45) is 3.06. The van der Waals surface area contributed by atoms with E-state index in [1.807, 2.05) is 0 Å². The molecule has 3 nitrogen and oxygen atoms in total. The van der Waals surface area contributed by atoms with Crippen molar-refractivity contribution >= 4 is 5.78 Å². The first-order chi connectivity index (χ1) is 5.27. The summed E-state index contributed by atoms with van der Waals surface area (Å²) in [5, 5.41) is 12.2. The summed E-state index contributed by atoms with van der Waals surface area (Å²) in [4.78, 5) is 10.9. The Bertz CT molecular complexity index is 265. The van der Waals surface area contributed by atoms with E-state index in [9.17, 15) is 4.79 Å². The number of aliphatic hydroxyl groups excluding tert-OH is 1. The van der Waals surface area contributed by atoms with Crippen LogP contribution < -0.4 is 5.32 Å². The lowest BCUT2D eigenvalue weighted by molar-refractivity contribution is -0.120. The SMILES string of the molecule is O=C1C=C2CCNC2=CC1O. The number of allylic oxidation sites excluding steroid dienone is 1. The monoisotopic (exact) mass is 151 g/mol. The third kappa shape index (κ3) is 0.973. The van der Waals surface area contributed by atoms with Crippen LogP contribution >= 0.6 is 0 Å². The van der Waals surface area contributed by atoms with Crippen molar-refractivity contribution in [2.24, 2.45) is 0 Å². The fourth-order valence-corrected chi connectivity index (χ4v) is 1.39. The maximum Gasteiger partial charge on any atom is 0.188 e. The second kappa shape index (κ2) is 2.20. The van der Waals surface area contributed by atoms with Crippen LogP contribution in [0.2, 0.25) is 0 Å². The van der Waals surface area contributed by atoms with E-state index in [2.05, 4.69) is 5.32 Å². The van der Waals surface area contributed by atoms with Crippen molar-refractivity contribution in [1.29, 1.82) is 0 Å². The molecule has 0 bridgehead atoms. The molecule has 0 saturated carbocycles. The van der Waals surface area contributed by atoms with E-state index in [1.165, 1.54) is 6.08 Å². The molecule has 3 heteroatoms. The van der Waals surface area contributed by atoms with Crippen LogP contribution in [0.15, 0.2) is 23.4 Å². The Labute approximate surface area is 64.4 Å². The van der Waals surface area contributed by atoms with E-state index in [1.54, 1.807) is 6.08 Å². The van der Waals surface area contributed by atoms with Gasteiger partial charge in [0.15, 0.2) is 5.78 Å². The average molecular weight is 151 g/mol. The highest BCUT2D eigenvalue weighted by atomic mass is 16.3. The summed E-state index contributed by atoms with van der Waals surface area (Å²) in [7, 11) is 0. The van der Waals surface area contributed by atoms with Gasteiger partial charge in [0.1, 0.15) is 6.10 Å². The fraction of sp³-hybridized carbons (Fsp3) is 0.375. The summed E-state index contributed by atoms with van der Waals surface area (Å²) < 4.78 is 0. The molecule has 1 saturated heterocycles. The molecule has 1 fully saturated rings. The van der Waals surface area contributed by atoms with Crippen LogP contribution in [-0.2, 0) is 4.79 Å². The van der Waals surface area contributed by atoms with Gasteiger partial charge in [-0.05, 0) is 24.1 Å². The highest BCUT2D eigenvalue weighted by molar-refractivity contribution is 5.97. The van der Waals surface area contributed by atoms with Crippen molar-refractivity contribution in [3.8, 4) is 0 Å². The van der Waals surface area contributed by atoms with E-state index in [-0.39, 0.29) is 5.78 Å². The van der Waals surface area contributed by atoms with Crippen molar-refractivity contribution in [3.63, 3.8) is 0 Å². The van der Waals surface area contributed by atoms with Gasteiger partial charge in [-0.2, -0.15) is 0 Å². The Morgan fingerprint density at radius 2 is 2.45 bits per heavy atom. The van der Waals surface area contributed by atoms with Gasteiger partial charge in [-0.1, -0.05) is 0 Å². The van der Waals surface area contributed by atoms with E-state index in [4.69, 9.17) is 5.11 Å². The predicted molar refractivity (Wildman–Crippen MR) is 39.8 cm³/mol. The number of hydrogen-bond acceptors (Lipinski definition) is 3. The zero-order valence-corrected chi connectivity index (χ0v) is 6.00. The minimum absolute atomic E-state index is 0.201. The van der Waals surface area contributed by atoms with Gasteiger partial charge in [0.25, 0.3) is 0 Å². The number of nitrogens with one attached hydrogen (secondary N) is 1. The maximum atomic E-state index is 10.9. The normalized spacial score (nSPS) is 28.8. The second-order valence-corrected chi connectivity index (χ2v) is 2.77. The van der Waals surface area contributed by atoms with Gasteiger partial charge in [0, 0.05) is 12.2 Å². The number of ketones is 1. The molecule has 58 valence electrons. The number of carbonyl (C=O) groups is 1. The Morgan fingerprint density at radius 1 is 1.64 bits per heavy atom. The molecule has 2 aliphatic rings. The molecule has 1 heterocycles. The lowest BCUT2D eigenvalue weighted by atomic mass is 10.0. The van der Waals surface area contributed by atoms with Crippen molar-refractivity contribution in [3.05, 3.63) is 23.4 Å². The van der Waals surface area contributed by atoms with Crippen LogP contribution in [0.4, 0.5) is 0 Å². The van der Waals surface area contributed by atoms with Crippen molar-refractivity contribution in [1.82, 2.24) is 5.32 Å². The third-order valence-corrected chi connectivity index (χ3v) is 1.99. The Hall–Kier alpha value is -1.09. The molecular formula is C8H9NO2. The third-order valence-electron chi connectivity index (χ3n) is 1.99. The van der Waals surface area contributed by atoms with Gasteiger partial charge < -0.3 is 10.4 Å². The quantitative estimate of drug-likeness (QED) is 0.501. The molecule has 0 aromatic carbocycles. The van der Waals surface area contributed by atoms with E-state index in [0.717, 1.165) is 24.2 Å². The summed E-state index contributed by atoms with van der Waals surface area (Å²) in [5.74, 6) is -0.201. The van der Waals surface area contributed by atoms with E-state index < -0.39 is 6.10 Å². The maximum absolute atomic E-state index is 10.9. The first-order valence-electron chi connectivity index (χ1n) is 3.66. The number of carbonyl (C=O) groups excluding carboxylic acids is 1. The van der Waals surface area contributed by atoms with Gasteiger partial charge in [-0.25, -0.2) is 0 Å². The predicted octanol–water partition coefficient (Wildman–Crippen LogP) is -0.266. The van der Waals surface area contributed by atoms with E-state index in [0.29, 0.717) is 0 Å². The molecule has 0 radical (unpaired) electrons. The molecule has 0 amide bonds. The van der Waals surface area contributed by atoms with Crippen molar-refractivity contribution in [2.45, 2.75) is 12.5 Å². The second-order valence-electron chi connectivity index (χ2n) is 2.77. The zero-order chi connectivity index (χ0) is 7.84. The fourth-order valence-electron chi connectivity index (χ4n) is 1.39. The zero-order valence-electron chi connectivity index (χ0n) is 6.00. The Kier molecular flexibility index (Phi) is 1.32. The van der Waals surface area contributed by atoms with Crippen LogP contribution in [-0.4, -0.2) is 23.5 Å². The minimum atomic E-state index is -0.931. The Balaban J connectivity index is 2.36. The van der Waals surface area contributed by atoms with Gasteiger partial charge in [-0.3, -0.25) is 4.79 Å². The molecule has 1 aliphatic heterocycles. The topological polar surface area (TPSA) is 49.3 Å². The van der Waals surface area contributed by atoms with Crippen LogP contribution in [0.3, 0.4) is 0 Å². The van der Waals surface area contributed by atoms with Gasteiger partial charge in [0.2, 0.25) is 0 Å². The first-order valence-corrected chi connectivity index (χ1v) is 3.66. The highest BCUT2D eigenvalue weighted by Crippen LogP contribution is 2.22. The molecule has 2 N–H and O–H groups in total. The van der Waals surface area contributed by atoms with E-state index >= 15 is 0 Å². The minimum Gasteiger partial charge on any atom is -0.385 e. The molecule has 1 atom stereocenters. The Morgan fingerprint density at radius 3 is 3.27 bits per heavy atom. The average Bonchev–Trinajstić information content (AvgIpc) is 2.36. The molecule has 1 aliphatic carbocycles. The summed E-state index contributed by atoms with van der Waals surface area (Å²) in [6.45, 7) is 0.873. The summed E-state index contributed by atoms with van der Waals surface area (Å²) in [5.41, 5.74) is 1.96. The molecule has 2 rings (SSSR count). The largest absolute Gasteiger partial charge is 0.385 e. The molecular weight excluding hydrogens is 142 g/mol. The standard InChI is InChI=1S/C8H9NO2/c10-7-3-5-1-2-9-6(5)4-8(7)11/h3-4,8-9,11H,1-2H2. The van der Waals surface area contributed by atoms with Crippen LogP contribution in [0.1, 0.15) is 6.42 Å². The summed E-state index contributed by atoms with van der Waals surface area (Å²) in [6, 6.07) is 0. The van der Waals surface area contributed by atoms with Crippen molar-refractivity contribution in [2.75, 3.05) is 6.54 Å². The number of hydrogen-bond donors (Lipinski definition) is 2. The number of aliphatic hydroxyl groups is 1. The summed E-state index contributed by atoms with van der Waals surface area (Å²) >= 11 is 0. The van der Waals surface area contributed by atoms with Gasteiger partial charge in [0.05, 0.1) is 0 Å². The lowest BCUT2D eigenvalue weighted by Crippen LogP contribution is -2.21.